The maximum Gasteiger partial charge on any atom is 0.330 e. The van der Waals surface area contributed by atoms with Crippen LogP contribution in [0.15, 0.2) is 48.6 Å². The number of allylic oxidation sites excluding steroid dienone is 4. The molecule has 0 amide bonds. The lowest BCUT2D eigenvalue weighted by molar-refractivity contribution is -0.136. The predicted octanol–water partition coefficient (Wildman–Crippen LogP) is 5.70. The SMILES string of the molecule is C1=CC2C(C1)C1CC2C2C3CCC(C3)C12.C1=CC2C3CCC(C3)C2C1.COC(=O)/C=C\C(=O)O.COC(=O)/C=C\C(=O)O. The minimum absolute atomic E-state index is 0.669. The van der Waals surface area contributed by atoms with Crippen LogP contribution in [0.5, 0.6) is 0 Å². The molecule has 0 aromatic heterocycles. The molecule has 0 aliphatic heterocycles. The fraction of sp³-hybridized carbons (Fsp3) is 0.657. The van der Waals surface area contributed by atoms with Gasteiger partial charge in [0.25, 0.3) is 0 Å². The summed E-state index contributed by atoms with van der Waals surface area (Å²) in [5.74, 6) is 9.88. The molecule has 43 heavy (non-hydrogen) atoms. The van der Waals surface area contributed by atoms with Gasteiger partial charge >= 0.3 is 23.9 Å². The van der Waals surface area contributed by atoms with Crippen LogP contribution in [0.25, 0.3) is 0 Å². The Kier molecular flexibility index (Phi) is 9.92. The molecule has 0 spiro atoms. The average molecular weight is 595 g/mol. The van der Waals surface area contributed by atoms with E-state index in [1.54, 1.807) is 38.5 Å². The van der Waals surface area contributed by atoms with Gasteiger partial charge in [0, 0.05) is 24.3 Å². The van der Waals surface area contributed by atoms with E-state index in [0.29, 0.717) is 12.2 Å². The highest BCUT2D eigenvalue weighted by molar-refractivity contribution is 5.91. The number of hydrogen-bond donors (Lipinski definition) is 2. The summed E-state index contributed by atoms with van der Waals surface area (Å²) in [6.45, 7) is 0. The van der Waals surface area contributed by atoms with Gasteiger partial charge in [-0.2, -0.15) is 0 Å². The number of aliphatic carboxylic acids is 2. The number of fused-ring (bicyclic) bond motifs is 17. The smallest absolute Gasteiger partial charge is 0.330 e. The summed E-state index contributed by atoms with van der Waals surface area (Å²) in [4.78, 5) is 39.7. The first-order chi connectivity index (χ1) is 20.7. The van der Waals surface area contributed by atoms with Gasteiger partial charge in [-0.05, 0) is 129 Å². The zero-order chi connectivity index (χ0) is 30.7. The molecular weight excluding hydrogens is 548 g/mol. The Morgan fingerprint density at radius 2 is 1.07 bits per heavy atom. The third kappa shape index (κ3) is 6.68. The molecule has 12 unspecified atom stereocenters. The Bertz CT molecular complexity index is 1150. The molecule has 2 N–H and O–H groups in total. The first kappa shape index (κ1) is 31.3. The third-order valence-electron chi connectivity index (χ3n) is 11.9. The van der Waals surface area contributed by atoms with E-state index in [0.717, 1.165) is 59.5 Å². The summed E-state index contributed by atoms with van der Waals surface area (Å²) in [5.41, 5.74) is 0. The van der Waals surface area contributed by atoms with Gasteiger partial charge in [-0.3, -0.25) is 0 Å². The van der Waals surface area contributed by atoms with Crippen LogP contribution in [-0.4, -0.2) is 48.3 Å². The molecule has 12 atom stereocenters. The summed E-state index contributed by atoms with van der Waals surface area (Å²) in [7, 11) is 2.35. The van der Waals surface area contributed by atoms with E-state index in [1.165, 1.54) is 57.2 Å². The molecule has 8 heteroatoms. The Hall–Kier alpha value is -3.16. The molecule has 8 rings (SSSR count). The molecule has 0 heterocycles. The van der Waals surface area contributed by atoms with Gasteiger partial charge in [0.2, 0.25) is 0 Å². The number of esters is 2. The second-order valence-electron chi connectivity index (χ2n) is 13.6. The van der Waals surface area contributed by atoms with Crippen molar-refractivity contribution in [2.75, 3.05) is 14.2 Å². The monoisotopic (exact) mass is 594 g/mol. The van der Waals surface area contributed by atoms with Crippen LogP contribution in [0.3, 0.4) is 0 Å². The van der Waals surface area contributed by atoms with Crippen molar-refractivity contribution in [1.29, 1.82) is 0 Å². The van der Waals surface area contributed by atoms with Crippen LogP contribution in [0.4, 0.5) is 0 Å². The van der Waals surface area contributed by atoms with Crippen LogP contribution >= 0.6 is 0 Å². The summed E-state index contributed by atoms with van der Waals surface area (Å²) in [6.07, 6.45) is 27.1. The summed E-state index contributed by atoms with van der Waals surface area (Å²) in [5, 5.41) is 15.9. The number of carboxylic acid groups (broad SMARTS) is 2. The number of carboxylic acids is 2. The Morgan fingerprint density at radius 1 is 0.581 bits per heavy atom. The lowest BCUT2D eigenvalue weighted by atomic mass is 9.64. The maximum absolute atomic E-state index is 10.1. The van der Waals surface area contributed by atoms with Crippen molar-refractivity contribution in [3.8, 4) is 0 Å². The molecule has 6 saturated carbocycles. The zero-order valence-electron chi connectivity index (χ0n) is 25.3. The second kappa shape index (κ2) is 13.6. The second-order valence-corrected chi connectivity index (χ2v) is 13.6. The molecular formula is C35H46O8. The molecule has 0 saturated heterocycles. The van der Waals surface area contributed by atoms with Gasteiger partial charge < -0.3 is 19.7 Å². The lowest BCUT2D eigenvalue weighted by Gasteiger charge is -2.40. The number of carbonyl (C=O) groups is 4. The van der Waals surface area contributed by atoms with E-state index in [-0.39, 0.29) is 0 Å². The van der Waals surface area contributed by atoms with Crippen LogP contribution in [0, 0.1) is 71.0 Å². The molecule has 8 nitrogen and oxygen atoms in total. The Morgan fingerprint density at radius 3 is 1.63 bits per heavy atom. The summed E-state index contributed by atoms with van der Waals surface area (Å²) < 4.78 is 8.22. The van der Waals surface area contributed by atoms with E-state index in [9.17, 15) is 19.2 Å². The molecule has 6 bridgehead atoms. The van der Waals surface area contributed by atoms with Gasteiger partial charge in [0.1, 0.15) is 0 Å². The first-order valence-corrected chi connectivity index (χ1v) is 16.0. The van der Waals surface area contributed by atoms with Crippen molar-refractivity contribution in [1.82, 2.24) is 0 Å². The van der Waals surface area contributed by atoms with Crippen LogP contribution in [0.1, 0.15) is 57.8 Å². The molecule has 8 aliphatic carbocycles. The number of ether oxygens (including phenoxy) is 2. The van der Waals surface area contributed by atoms with E-state index in [1.807, 2.05) is 0 Å². The van der Waals surface area contributed by atoms with E-state index >= 15 is 0 Å². The van der Waals surface area contributed by atoms with Gasteiger partial charge in [-0.15, -0.1) is 0 Å². The predicted molar refractivity (Wildman–Crippen MR) is 159 cm³/mol. The first-order valence-electron chi connectivity index (χ1n) is 16.0. The van der Waals surface area contributed by atoms with Crippen LogP contribution in [0.2, 0.25) is 0 Å². The van der Waals surface area contributed by atoms with Crippen molar-refractivity contribution in [2.24, 2.45) is 71.0 Å². The highest BCUT2D eigenvalue weighted by Crippen LogP contribution is 2.71. The quantitative estimate of drug-likeness (QED) is 0.184. The number of carbonyl (C=O) groups excluding carboxylic acids is 2. The molecule has 0 aromatic rings. The molecule has 0 radical (unpaired) electrons. The average Bonchev–Trinajstić information content (AvgIpc) is 3.84. The molecule has 234 valence electrons. The standard InChI is InChI=1S/C15H20.C10H14.2C5H6O4/c1-2-10-11(3-1)13-7-12(10)14-8-4-5-9(6-8)15(13)14;1-2-9-7-4-5-8(6-7)10(9)3-1;2*1-9-5(8)3-2-4(6)7/h1-2,8-15H,3-7H2;1-2,7-10H,3-6H2;2*2-3H,1H3,(H,6,7)/b;;2*3-2-. The van der Waals surface area contributed by atoms with Crippen LogP contribution in [-0.2, 0) is 28.7 Å². The van der Waals surface area contributed by atoms with Gasteiger partial charge in [-0.25, -0.2) is 19.2 Å². The third-order valence-corrected chi connectivity index (χ3v) is 11.9. The topological polar surface area (TPSA) is 127 Å². The number of methoxy groups -OCH3 is 2. The minimum Gasteiger partial charge on any atom is -0.478 e. The van der Waals surface area contributed by atoms with Gasteiger partial charge in [-0.1, -0.05) is 24.3 Å². The zero-order valence-corrected chi connectivity index (χ0v) is 25.3. The fourth-order valence-corrected chi connectivity index (χ4v) is 10.7. The number of hydrogen-bond acceptors (Lipinski definition) is 6. The van der Waals surface area contributed by atoms with Gasteiger partial charge in [0.15, 0.2) is 0 Å². The van der Waals surface area contributed by atoms with Crippen molar-refractivity contribution in [2.45, 2.75) is 57.8 Å². The van der Waals surface area contributed by atoms with Crippen molar-refractivity contribution in [3.63, 3.8) is 0 Å². The van der Waals surface area contributed by atoms with Crippen molar-refractivity contribution < 1.29 is 38.9 Å². The highest BCUT2D eigenvalue weighted by atomic mass is 16.5. The van der Waals surface area contributed by atoms with Crippen molar-refractivity contribution >= 4 is 23.9 Å². The van der Waals surface area contributed by atoms with Crippen LogP contribution < -0.4 is 0 Å². The summed E-state index contributed by atoms with van der Waals surface area (Å²) >= 11 is 0. The lowest BCUT2D eigenvalue weighted by Crippen LogP contribution is -2.36. The Balaban J connectivity index is 0.000000119. The highest BCUT2D eigenvalue weighted by Gasteiger charge is 2.65. The normalized spacial score (nSPS) is 40.6. The van der Waals surface area contributed by atoms with Crippen molar-refractivity contribution in [3.05, 3.63) is 48.6 Å². The minimum atomic E-state index is -1.17. The maximum atomic E-state index is 10.1. The van der Waals surface area contributed by atoms with Gasteiger partial charge in [0.05, 0.1) is 14.2 Å². The molecule has 8 aliphatic rings. The van der Waals surface area contributed by atoms with E-state index in [4.69, 9.17) is 10.2 Å². The fourth-order valence-electron chi connectivity index (χ4n) is 10.7. The largest absolute Gasteiger partial charge is 0.478 e. The Labute approximate surface area is 254 Å². The molecule has 6 fully saturated rings. The number of rotatable bonds is 4. The van der Waals surface area contributed by atoms with E-state index in [2.05, 4.69) is 33.8 Å². The summed E-state index contributed by atoms with van der Waals surface area (Å²) in [6, 6.07) is 0. The molecule has 0 aromatic carbocycles. The van der Waals surface area contributed by atoms with E-state index < -0.39 is 23.9 Å².